The van der Waals surface area contributed by atoms with Crippen molar-refractivity contribution in [3.63, 3.8) is 0 Å². The first-order valence-electron chi connectivity index (χ1n) is 8.78. The minimum absolute atomic E-state index is 0.0252. The number of allylic oxidation sites excluding steroid dienone is 1. The largest absolute Gasteiger partial charge is 0.351 e. The Bertz CT molecular complexity index is 1070. The Balaban J connectivity index is 2.01. The molecule has 1 heterocycles. The second kappa shape index (κ2) is 8.18. The number of aryl methyl sites for hydroxylation is 2. The zero-order valence-electron chi connectivity index (χ0n) is 16.0. The van der Waals surface area contributed by atoms with Crippen LogP contribution >= 0.6 is 23.8 Å². The number of nitrogens with one attached hydrogen (secondary N) is 3. The number of anilines is 1. The van der Waals surface area contributed by atoms with Crippen molar-refractivity contribution < 1.29 is 9.72 Å². The molecule has 1 atom stereocenters. The van der Waals surface area contributed by atoms with Crippen molar-refractivity contribution in [1.29, 1.82) is 0 Å². The number of amides is 1. The molecule has 7 nitrogen and oxygen atoms in total. The number of carbonyl (C=O) groups excluding carboxylic acids is 1. The van der Waals surface area contributed by atoms with Gasteiger partial charge in [0.25, 0.3) is 11.6 Å². The summed E-state index contributed by atoms with van der Waals surface area (Å²) in [6, 6.07) is 9.50. The Morgan fingerprint density at radius 3 is 2.59 bits per heavy atom. The molecule has 0 radical (unpaired) electrons. The number of carbonyl (C=O) groups is 1. The highest BCUT2D eigenvalue weighted by atomic mass is 35.5. The van der Waals surface area contributed by atoms with Crippen LogP contribution in [0.1, 0.15) is 29.7 Å². The molecule has 9 heteroatoms. The molecule has 3 N–H and O–H groups in total. The van der Waals surface area contributed by atoms with Gasteiger partial charge in [0.15, 0.2) is 5.11 Å². The molecule has 0 saturated carbocycles. The molecule has 150 valence electrons. The van der Waals surface area contributed by atoms with Crippen LogP contribution in [0.3, 0.4) is 0 Å². The normalized spacial score (nSPS) is 16.1. The third-order valence-electron chi connectivity index (χ3n) is 4.64. The minimum Gasteiger partial charge on any atom is -0.351 e. The molecule has 0 aromatic heterocycles. The fraction of sp³-hybridized carbons (Fsp3) is 0.200. The van der Waals surface area contributed by atoms with Crippen molar-refractivity contribution in [2.45, 2.75) is 26.8 Å². The maximum atomic E-state index is 13.1. The first-order chi connectivity index (χ1) is 13.7. The first kappa shape index (κ1) is 20.8. The Labute approximate surface area is 178 Å². The quantitative estimate of drug-likeness (QED) is 0.380. The predicted molar refractivity (Wildman–Crippen MR) is 117 cm³/mol. The van der Waals surface area contributed by atoms with Crippen LogP contribution in [0.25, 0.3) is 0 Å². The Hall–Kier alpha value is -2.97. The molecule has 2 aromatic carbocycles. The summed E-state index contributed by atoms with van der Waals surface area (Å²) in [4.78, 5) is 23.9. The average molecular weight is 431 g/mol. The summed E-state index contributed by atoms with van der Waals surface area (Å²) in [7, 11) is 0. The Kier molecular flexibility index (Phi) is 5.86. The van der Waals surface area contributed by atoms with Crippen molar-refractivity contribution in [1.82, 2.24) is 10.6 Å². The lowest BCUT2D eigenvalue weighted by Gasteiger charge is -2.30. The van der Waals surface area contributed by atoms with Crippen LogP contribution in [0.4, 0.5) is 11.4 Å². The number of nitro groups is 1. The van der Waals surface area contributed by atoms with Gasteiger partial charge in [-0.25, -0.2) is 0 Å². The van der Waals surface area contributed by atoms with Crippen molar-refractivity contribution in [3.05, 3.63) is 79.5 Å². The number of halogens is 1. The molecule has 3 rings (SSSR count). The molecule has 1 amide bonds. The van der Waals surface area contributed by atoms with Crippen LogP contribution in [-0.2, 0) is 4.79 Å². The number of hydrogen-bond donors (Lipinski definition) is 3. The SMILES string of the molecule is CC1=C(C(=O)Nc2ccc(C)cc2C)[C@H](c2ccc(Cl)c([N+](=O)[O-])c2)NC(=S)N1. The van der Waals surface area contributed by atoms with Crippen molar-refractivity contribution >= 4 is 46.2 Å². The van der Waals surface area contributed by atoms with Gasteiger partial charge in [-0.1, -0.05) is 35.4 Å². The zero-order chi connectivity index (χ0) is 21.3. The van der Waals surface area contributed by atoms with Gasteiger partial charge in [-0.05, 0) is 56.2 Å². The number of nitro benzene ring substituents is 1. The number of rotatable bonds is 4. The minimum atomic E-state index is -0.662. The van der Waals surface area contributed by atoms with Gasteiger partial charge in [0.05, 0.1) is 16.5 Å². The number of benzene rings is 2. The van der Waals surface area contributed by atoms with Gasteiger partial charge < -0.3 is 16.0 Å². The summed E-state index contributed by atoms with van der Waals surface area (Å²) >= 11 is 11.2. The second-order valence-electron chi connectivity index (χ2n) is 6.81. The number of hydrogen-bond acceptors (Lipinski definition) is 4. The van der Waals surface area contributed by atoms with E-state index in [1.54, 1.807) is 13.0 Å². The molecule has 0 saturated heterocycles. The summed E-state index contributed by atoms with van der Waals surface area (Å²) in [5, 5.41) is 20.5. The number of nitrogens with zero attached hydrogens (tertiary/aromatic N) is 1. The molecular weight excluding hydrogens is 412 g/mol. The standard InChI is InChI=1S/C20H19ClN4O3S/c1-10-4-7-15(11(2)8-10)23-19(26)17-12(3)22-20(29)24-18(17)13-5-6-14(21)16(9-13)25(27)28/h4-9,18H,1-3H3,(H,23,26)(H2,22,24,29)/t18-/m0/s1. The molecule has 29 heavy (non-hydrogen) atoms. The van der Waals surface area contributed by atoms with Crippen LogP contribution in [-0.4, -0.2) is 15.9 Å². The van der Waals surface area contributed by atoms with Gasteiger partial charge in [-0.2, -0.15) is 0 Å². The average Bonchev–Trinajstić information content (AvgIpc) is 2.63. The summed E-state index contributed by atoms with van der Waals surface area (Å²) in [6.07, 6.45) is 0. The van der Waals surface area contributed by atoms with E-state index in [0.717, 1.165) is 11.1 Å². The lowest BCUT2D eigenvalue weighted by atomic mass is 9.94. The zero-order valence-corrected chi connectivity index (χ0v) is 17.6. The van der Waals surface area contributed by atoms with E-state index in [0.29, 0.717) is 27.6 Å². The molecule has 2 aromatic rings. The molecule has 0 unspecified atom stereocenters. The monoisotopic (exact) mass is 430 g/mol. The second-order valence-corrected chi connectivity index (χ2v) is 7.63. The maximum absolute atomic E-state index is 13.1. The molecule has 0 aliphatic carbocycles. The molecule has 0 bridgehead atoms. The summed E-state index contributed by atoms with van der Waals surface area (Å²) in [5.74, 6) is -0.334. The van der Waals surface area contributed by atoms with Gasteiger partial charge in [0.1, 0.15) is 5.02 Å². The third kappa shape index (κ3) is 4.38. The lowest BCUT2D eigenvalue weighted by molar-refractivity contribution is -0.384. The van der Waals surface area contributed by atoms with Gasteiger partial charge >= 0.3 is 0 Å². The topological polar surface area (TPSA) is 96.3 Å². The van der Waals surface area contributed by atoms with E-state index in [9.17, 15) is 14.9 Å². The highest BCUT2D eigenvalue weighted by Crippen LogP contribution is 2.33. The fourth-order valence-corrected chi connectivity index (χ4v) is 3.70. The predicted octanol–water partition coefficient (Wildman–Crippen LogP) is 4.30. The summed E-state index contributed by atoms with van der Waals surface area (Å²) in [5.41, 5.74) is 3.94. The van der Waals surface area contributed by atoms with Crippen LogP contribution in [0.15, 0.2) is 47.7 Å². The molecular formula is C20H19ClN4O3S. The number of thiocarbonyl (C=S) groups is 1. The van der Waals surface area contributed by atoms with Crippen molar-refractivity contribution in [2.24, 2.45) is 0 Å². The van der Waals surface area contributed by atoms with Crippen molar-refractivity contribution in [3.8, 4) is 0 Å². The third-order valence-corrected chi connectivity index (χ3v) is 5.18. The van der Waals surface area contributed by atoms with Gasteiger partial charge in [0, 0.05) is 17.5 Å². The van der Waals surface area contributed by atoms with Crippen LogP contribution in [0, 0.1) is 24.0 Å². The van der Waals surface area contributed by atoms with Crippen LogP contribution < -0.4 is 16.0 Å². The van der Waals surface area contributed by atoms with Gasteiger partial charge in [0.2, 0.25) is 0 Å². The van der Waals surface area contributed by atoms with E-state index >= 15 is 0 Å². The fourth-order valence-electron chi connectivity index (χ4n) is 3.24. The van der Waals surface area contributed by atoms with Crippen LogP contribution in [0.2, 0.25) is 5.02 Å². The maximum Gasteiger partial charge on any atom is 0.288 e. The molecule has 1 aliphatic heterocycles. The van der Waals surface area contributed by atoms with E-state index in [2.05, 4.69) is 16.0 Å². The Morgan fingerprint density at radius 1 is 1.21 bits per heavy atom. The van der Waals surface area contributed by atoms with E-state index in [1.165, 1.54) is 12.1 Å². The molecule has 1 aliphatic rings. The van der Waals surface area contributed by atoms with E-state index in [1.807, 2.05) is 32.0 Å². The van der Waals surface area contributed by atoms with E-state index in [4.69, 9.17) is 23.8 Å². The van der Waals surface area contributed by atoms with E-state index in [-0.39, 0.29) is 16.6 Å². The summed E-state index contributed by atoms with van der Waals surface area (Å²) < 4.78 is 0. The highest BCUT2D eigenvalue weighted by molar-refractivity contribution is 7.80. The van der Waals surface area contributed by atoms with Crippen LogP contribution in [0.5, 0.6) is 0 Å². The molecule has 0 spiro atoms. The van der Waals surface area contributed by atoms with E-state index < -0.39 is 11.0 Å². The van der Waals surface area contributed by atoms with Gasteiger partial charge in [-0.15, -0.1) is 0 Å². The van der Waals surface area contributed by atoms with Gasteiger partial charge in [-0.3, -0.25) is 14.9 Å². The smallest absolute Gasteiger partial charge is 0.288 e. The molecule has 0 fully saturated rings. The first-order valence-corrected chi connectivity index (χ1v) is 9.56. The lowest BCUT2D eigenvalue weighted by Crippen LogP contribution is -2.45. The Morgan fingerprint density at radius 2 is 1.93 bits per heavy atom. The highest BCUT2D eigenvalue weighted by Gasteiger charge is 2.31. The summed E-state index contributed by atoms with van der Waals surface area (Å²) in [6.45, 7) is 5.63. The van der Waals surface area contributed by atoms with Crippen molar-refractivity contribution in [2.75, 3.05) is 5.32 Å².